The van der Waals surface area contributed by atoms with E-state index in [4.69, 9.17) is 5.73 Å². The first-order chi connectivity index (χ1) is 8.71. The number of rotatable bonds is 7. The van der Waals surface area contributed by atoms with Crippen LogP contribution in [0.25, 0.3) is 0 Å². The number of hydrogen-bond acceptors (Lipinski definition) is 4. The van der Waals surface area contributed by atoms with Crippen LogP contribution in [0.15, 0.2) is 24.4 Å². The fraction of sp³-hybridized carbons (Fsp3) is 0.538. The van der Waals surface area contributed by atoms with E-state index in [-0.39, 0.29) is 11.9 Å². The van der Waals surface area contributed by atoms with Crippen LogP contribution in [0.2, 0.25) is 0 Å². The van der Waals surface area contributed by atoms with E-state index in [9.17, 15) is 4.79 Å². The fourth-order valence-electron chi connectivity index (χ4n) is 1.88. The summed E-state index contributed by atoms with van der Waals surface area (Å²) in [5.74, 6) is 0.0184. The van der Waals surface area contributed by atoms with Gasteiger partial charge in [-0.25, -0.2) is 0 Å². The van der Waals surface area contributed by atoms with Gasteiger partial charge in [-0.3, -0.25) is 14.7 Å². The van der Waals surface area contributed by atoms with Crippen LogP contribution in [0, 0.1) is 0 Å². The average Bonchev–Trinajstić information content (AvgIpc) is 2.43. The van der Waals surface area contributed by atoms with Gasteiger partial charge in [-0.05, 0) is 18.7 Å². The first kappa shape index (κ1) is 14.6. The molecule has 5 nitrogen and oxygen atoms in total. The topological polar surface area (TPSA) is 71.2 Å². The number of carbonyl (C=O) groups excluding carboxylic acids is 1. The van der Waals surface area contributed by atoms with E-state index < -0.39 is 0 Å². The Bertz CT molecular complexity index is 355. The van der Waals surface area contributed by atoms with Gasteiger partial charge in [0.1, 0.15) is 0 Å². The van der Waals surface area contributed by atoms with Crippen LogP contribution in [0.3, 0.4) is 0 Å². The van der Waals surface area contributed by atoms with Gasteiger partial charge in [-0.15, -0.1) is 0 Å². The molecule has 1 atom stereocenters. The predicted molar refractivity (Wildman–Crippen MR) is 71.8 cm³/mol. The highest BCUT2D eigenvalue weighted by Crippen LogP contribution is 2.08. The highest BCUT2D eigenvalue weighted by molar-refractivity contribution is 5.76. The van der Waals surface area contributed by atoms with Crippen LogP contribution in [0.4, 0.5) is 0 Å². The number of nitrogens with two attached hydrogens (primary N) is 1. The molecular weight excluding hydrogens is 228 g/mol. The SMILES string of the molecule is CCN(Cc1ccccn1)C(CN)CC(=O)NC. The summed E-state index contributed by atoms with van der Waals surface area (Å²) in [7, 11) is 1.64. The maximum absolute atomic E-state index is 11.4. The van der Waals surface area contributed by atoms with E-state index in [1.807, 2.05) is 18.2 Å². The molecule has 0 aliphatic rings. The second-order valence-corrected chi connectivity index (χ2v) is 4.15. The number of aromatic nitrogens is 1. The van der Waals surface area contributed by atoms with Crippen LogP contribution < -0.4 is 11.1 Å². The number of nitrogens with zero attached hydrogens (tertiary/aromatic N) is 2. The molecule has 0 saturated carbocycles. The lowest BCUT2D eigenvalue weighted by Crippen LogP contribution is -2.43. The van der Waals surface area contributed by atoms with Crippen molar-refractivity contribution < 1.29 is 4.79 Å². The van der Waals surface area contributed by atoms with Gasteiger partial charge in [0.15, 0.2) is 0 Å². The lowest BCUT2D eigenvalue weighted by Gasteiger charge is -2.28. The van der Waals surface area contributed by atoms with Crippen LogP contribution in [0.5, 0.6) is 0 Å². The summed E-state index contributed by atoms with van der Waals surface area (Å²) in [6, 6.07) is 5.89. The van der Waals surface area contributed by atoms with Gasteiger partial charge in [-0.2, -0.15) is 0 Å². The van der Waals surface area contributed by atoms with Crippen molar-refractivity contribution in [3.8, 4) is 0 Å². The Morgan fingerprint density at radius 2 is 2.33 bits per heavy atom. The minimum atomic E-state index is 0.0184. The summed E-state index contributed by atoms with van der Waals surface area (Å²) < 4.78 is 0. The monoisotopic (exact) mass is 250 g/mol. The molecule has 1 aromatic rings. The summed E-state index contributed by atoms with van der Waals surface area (Å²) >= 11 is 0. The van der Waals surface area contributed by atoms with Gasteiger partial charge in [0, 0.05) is 38.8 Å². The van der Waals surface area contributed by atoms with Gasteiger partial charge >= 0.3 is 0 Å². The Balaban J connectivity index is 2.65. The molecule has 100 valence electrons. The second-order valence-electron chi connectivity index (χ2n) is 4.15. The molecule has 0 spiro atoms. The van der Waals surface area contributed by atoms with Crippen LogP contribution in [0.1, 0.15) is 19.0 Å². The number of amides is 1. The third kappa shape index (κ3) is 4.43. The molecular formula is C13H22N4O. The Morgan fingerprint density at radius 3 is 2.83 bits per heavy atom. The highest BCUT2D eigenvalue weighted by atomic mass is 16.1. The lowest BCUT2D eigenvalue weighted by molar-refractivity contribution is -0.121. The molecule has 1 aromatic heterocycles. The van der Waals surface area contributed by atoms with E-state index in [1.165, 1.54) is 0 Å². The second kappa shape index (κ2) is 7.79. The zero-order valence-corrected chi connectivity index (χ0v) is 11.1. The first-order valence-electron chi connectivity index (χ1n) is 6.25. The smallest absolute Gasteiger partial charge is 0.221 e. The van der Waals surface area contributed by atoms with Gasteiger partial charge < -0.3 is 11.1 Å². The molecule has 0 aromatic carbocycles. The molecule has 0 bridgehead atoms. The third-order valence-electron chi connectivity index (χ3n) is 2.99. The number of nitrogens with one attached hydrogen (secondary N) is 1. The average molecular weight is 250 g/mol. The zero-order valence-electron chi connectivity index (χ0n) is 11.1. The molecule has 5 heteroatoms. The Kier molecular flexibility index (Phi) is 6.32. The minimum absolute atomic E-state index is 0.0184. The summed E-state index contributed by atoms with van der Waals surface area (Å²) in [5, 5.41) is 2.64. The molecule has 1 rings (SSSR count). The number of pyridine rings is 1. The molecule has 18 heavy (non-hydrogen) atoms. The first-order valence-corrected chi connectivity index (χ1v) is 6.25. The maximum atomic E-state index is 11.4. The Hall–Kier alpha value is -1.46. The lowest BCUT2D eigenvalue weighted by atomic mass is 10.1. The van der Waals surface area contributed by atoms with Crippen molar-refractivity contribution >= 4 is 5.91 Å². The van der Waals surface area contributed by atoms with Crippen molar-refractivity contribution in [2.45, 2.75) is 25.9 Å². The fourth-order valence-corrected chi connectivity index (χ4v) is 1.88. The molecule has 3 N–H and O–H groups in total. The number of carbonyl (C=O) groups is 1. The molecule has 0 fully saturated rings. The van der Waals surface area contributed by atoms with E-state index >= 15 is 0 Å². The van der Waals surface area contributed by atoms with E-state index in [1.54, 1.807) is 13.2 Å². The van der Waals surface area contributed by atoms with Crippen LogP contribution in [-0.4, -0.2) is 42.0 Å². The van der Waals surface area contributed by atoms with Crippen molar-refractivity contribution in [3.63, 3.8) is 0 Å². The molecule has 0 radical (unpaired) electrons. The van der Waals surface area contributed by atoms with Gasteiger partial charge in [-0.1, -0.05) is 13.0 Å². The van der Waals surface area contributed by atoms with Gasteiger partial charge in [0.05, 0.1) is 5.69 Å². The number of likely N-dealkylation sites (N-methyl/N-ethyl adjacent to an activating group) is 1. The van der Waals surface area contributed by atoms with Gasteiger partial charge in [0.25, 0.3) is 0 Å². The molecule has 1 heterocycles. The predicted octanol–water partition coefficient (Wildman–Crippen LogP) is 0.367. The summed E-state index contributed by atoms with van der Waals surface area (Å²) in [4.78, 5) is 17.9. The zero-order chi connectivity index (χ0) is 13.4. The number of hydrogen-bond donors (Lipinski definition) is 2. The van der Waals surface area contributed by atoms with Crippen LogP contribution >= 0.6 is 0 Å². The largest absolute Gasteiger partial charge is 0.359 e. The summed E-state index contributed by atoms with van der Waals surface area (Å²) in [6.45, 7) is 4.09. The van der Waals surface area contributed by atoms with Gasteiger partial charge in [0.2, 0.25) is 5.91 Å². The molecule has 1 amide bonds. The Morgan fingerprint density at radius 1 is 1.56 bits per heavy atom. The minimum Gasteiger partial charge on any atom is -0.359 e. The molecule has 0 aliphatic heterocycles. The van der Waals surface area contributed by atoms with Crippen molar-refractivity contribution in [1.29, 1.82) is 0 Å². The van der Waals surface area contributed by atoms with Crippen molar-refractivity contribution in [2.75, 3.05) is 20.1 Å². The van der Waals surface area contributed by atoms with Crippen molar-refractivity contribution in [1.82, 2.24) is 15.2 Å². The maximum Gasteiger partial charge on any atom is 0.221 e. The molecule has 0 aliphatic carbocycles. The van der Waals surface area contributed by atoms with Crippen molar-refractivity contribution in [3.05, 3.63) is 30.1 Å². The Labute approximate surface area is 108 Å². The normalized spacial score (nSPS) is 12.4. The van der Waals surface area contributed by atoms with E-state index in [0.717, 1.165) is 18.8 Å². The molecule has 0 saturated heterocycles. The summed E-state index contributed by atoms with van der Waals surface area (Å²) in [6.07, 6.45) is 2.20. The highest BCUT2D eigenvalue weighted by Gasteiger charge is 2.19. The van der Waals surface area contributed by atoms with Crippen molar-refractivity contribution in [2.24, 2.45) is 5.73 Å². The van der Waals surface area contributed by atoms with Crippen LogP contribution in [-0.2, 0) is 11.3 Å². The van der Waals surface area contributed by atoms with E-state index in [0.29, 0.717) is 13.0 Å². The third-order valence-corrected chi connectivity index (χ3v) is 2.99. The summed E-state index contributed by atoms with van der Waals surface area (Å²) in [5.41, 5.74) is 6.76. The standard InChI is InChI=1S/C13H22N4O/c1-3-17(10-11-6-4-5-7-16-11)12(9-14)8-13(18)15-2/h4-7,12H,3,8-10,14H2,1-2H3,(H,15,18). The quantitative estimate of drug-likeness (QED) is 0.733. The molecule has 1 unspecified atom stereocenters. The van der Waals surface area contributed by atoms with E-state index in [2.05, 4.69) is 22.1 Å².